The van der Waals surface area contributed by atoms with Gasteiger partial charge >= 0.3 is 0 Å². The van der Waals surface area contributed by atoms with Gasteiger partial charge in [-0.25, -0.2) is 18.7 Å². The predicted molar refractivity (Wildman–Crippen MR) is 128 cm³/mol. The molecule has 1 aliphatic rings. The number of hydrogen-bond acceptors (Lipinski definition) is 6. The lowest BCUT2D eigenvalue weighted by Gasteiger charge is -2.34. The number of pyridine rings is 1. The van der Waals surface area contributed by atoms with Crippen LogP contribution in [-0.2, 0) is 0 Å². The summed E-state index contributed by atoms with van der Waals surface area (Å²) in [4.78, 5) is 14.0. The Morgan fingerprint density at radius 3 is 2.62 bits per heavy atom. The number of nitrogens with two attached hydrogens (primary N) is 2. The van der Waals surface area contributed by atoms with Gasteiger partial charge in [0.05, 0.1) is 28.4 Å². The van der Waals surface area contributed by atoms with Crippen molar-refractivity contribution in [2.75, 3.05) is 23.7 Å². The van der Waals surface area contributed by atoms with Gasteiger partial charge in [-0.15, -0.1) is 0 Å². The molecule has 5 N–H and O–H groups in total. The highest BCUT2D eigenvalue weighted by molar-refractivity contribution is 6.30. The van der Waals surface area contributed by atoms with Crippen LogP contribution in [0.4, 0.5) is 20.3 Å². The summed E-state index contributed by atoms with van der Waals surface area (Å²) in [5, 5.41) is 9.44. The van der Waals surface area contributed by atoms with Gasteiger partial charge in [0, 0.05) is 35.9 Å². The van der Waals surface area contributed by atoms with E-state index in [-0.39, 0.29) is 28.0 Å². The number of nitriles is 1. The molecule has 0 saturated carbocycles. The van der Waals surface area contributed by atoms with Crippen LogP contribution in [0.2, 0.25) is 5.02 Å². The summed E-state index contributed by atoms with van der Waals surface area (Å²) >= 11 is 6.14. The number of fused-ring (bicyclic) bond motifs is 1. The molecule has 0 amide bonds. The summed E-state index contributed by atoms with van der Waals surface area (Å²) in [6.07, 6.45) is 3.08. The van der Waals surface area contributed by atoms with Crippen LogP contribution < -0.4 is 16.4 Å². The first-order valence-corrected chi connectivity index (χ1v) is 11.1. The molecule has 34 heavy (non-hydrogen) atoms. The van der Waals surface area contributed by atoms with Crippen LogP contribution in [0.15, 0.2) is 36.5 Å². The third-order valence-electron chi connectivity index (χ3n) is 6.02. The molecule has 1 aliphatic heterocycles. The fourth-order valence-corrected chi connectivity index (χ4v) is 4.60. The van der Waals surface area contributed by atoms with Crippen LogP contribution in [-0.4, -0.2) is 34.1 Å². The number of piperidine rings is 1. The fraction of sp³-hybridized carbons (Fsp3) is 0.208. The van der Waals surface area contributed by atoms with E-state index in [0.29, 0.717) is 46.8 Å². The van der Waals surface area contributed by atoms with E-state index >= 15 is 0 Å². The Hall–Kier alpha value is -3.74. The van der Waals surface area contributed by atoms with Crippen molar-refractivity contribution in [1.29, 1.82) is 5.26 Å². The number of nitrogens with one attached hydrogen (secondary N) is 1. The van der Waals surface area contributed by atoms with Crippen LogP contribution in [0.5, 0.6) is 0 Å². The van der Waals surface area contributed by atoms with Crippen LogP contribution in [0.25, 0.3) is 33.5 Å². The van der Waals surface area contributed by atoms with E-state index in [4.69, 9.17) is 23.1 Å². The number of rotatable bonds is 3. The van der Waals surface area contributed by atoms with Gasteiger partial charge in [0.25, 0.3) is 0 Å². The van der Waals surface area contributed by atoms with E-state index in [1.54, 1.807) is 12.3 Å². The lowest BCUT2D eigenvalue weighted by molar-refractivity contribution is 0.501. The molecule has 7 nitrogen and oxygen atoms in total. The monoisotopic (exact) mass is 479 g/mol. The highest BCUT2D eigenvalue weighted by atomic mass is 35.5. The SMILES string of the molecule is N#Cc1cc(F)c2nc(-c3c(N)ncc(-c4cc(F)cc(Cl)c4)c3N3CCC(N)CC3)[nH]c2c1. The third-order valence-corrected chi connectivity index (χ3v) is 6.23. The number of aromatic nitrogens is 3. The van der Waals surface area contributed by atoms with Gasteiger partial charge in [0.2, 0.25) is 0 Å². The van der Waals surface area contributed by atoms with Crippen LogP contribution >= 0.6 is 11.6 Å². The Labute approximate surface area is 199 Å². The van der Waals surface area contributed by atoms with Gasteiger partial charge in [-0.1, -0.05) is 11.6 Å². The second kappa shape index (κ2) is 8.56. The Morgan fingerprint density at radius 2 is 1.91 bits per heavy atom. The maximum Gasteiger partial charge on any atom is 0.152 e. The summed E-state index contributed by atoms with van der Waals surface area (Å²) in [5.74, 6) is -0.636. The zero-order valence-corrected chi connectivity index (χ0v) is 18.7. The number of benzene rings is 2. The molecular weight excluding hydrogens is 460 g/mol. The maximum absolute atomic E-state index is 14.6. The van der Waals surface area contributed by atoms with E-state index in [9.17, 15) is 14.0 Å². The van der Waals surface area contributed by atoms with Crippen LogP contribution in [0.3, 0.4) is 0 Å². The highest BCUT2D eigenvalue weighted by Crippen LogP contribution is 2.43. The van der Waals surface area contributed by atoms with Gasteiger partial charge < -0.3 is 21.4 Å². The van der Waals surface area contributed by atoms with Gasteiger partial charge in [0.15, 0.2) is 5.82 Å². The number of hydrogen-bond donors (Lipinski definition) is 3. The topological polar surface area (TPSA) is 121 Å². The number of halogens is 3. The minimum absolute atomic E-state index is 0.0793. The number of aromatic amines is 1. The molecule has 0 unspecified atom stereocenters. The number of H-pyrrole nitrogens is 1. The zero-order valence-electron chi connectivity index (χ0n) is 17.9. The molecule has 10 heteroatoms. The van der Waals surface area contributed by atoms with Gasteiger partial charge in [0.1, 0.15) is 23.0 Å². The number of nitrogen functional groups attached to an aromatic ring is 1. The molecule has 3 heterocycles. The quantitative estimate of drug-likeness (QED) is 0.394. The van der Waals surface area contributed by atoms with E-state index in [2.05, 4.69) is 19.9 Å². The second-order valence-electron chi connectivity index (χ2n) is 8.31. The summed E-state index contributed by atoms with van der Waals surface area (Å²) in [6, 6.07) is 8.92. The highest BCUT2D eigenvalue weighted by Gasteiger charge is 2.27. The van der Waals surface area contributed by atoms with Crippen LogP contribution in [0, 0.1) is 23.0 Å². The first-order valence-electron chi connectivity index (χ1n) is 10.7. The lowest BCUT2D eigenvalue weighted by atomic mass is 9.97. The standard InChI is InChI=1S/C24H20ClF2N7/c25-14-7-13(8-15(26)9-14)17-11-31-23(30)20(22(17)34-3-1-16(29)2-4-34)24-32-19-6-12(10-28)5-18(27)21(19)33-24/h5-9,11,16H,1-4,29H2,(H2,30,31)(H,32,33). The average molecular weight is 480 g/mol. The van der Waals surface area contributed by atoms with Crippen molar-refractivity contribution >= 4 is 34.1 Å². The summed E-state index contributed by atoms with van der Waals surface area (Å²) < 4.78 is 28.9. The summed E-state index contributed by atoms with van der Waals surface area (Å²) in [5.41, 5.74) is 15.3. The molecule has 1 fully saturated rings. The minimum Gasteiger partial charge on any atom is -0.383 e. The van der Waals surface area contributed by atoms with Crippen LogP contribution in [0.1, 0.15) is 18.4 Å². The smallest absolute Gasteiger partial charge is 0.152 e. The van der Waals surface area contributed by atoms with Crippen molar-refractivity contribution in [3.8, 4) is 28.6 Å². The molecular formula is C24H20ClF2N7. The van der Waals surface area contributed by atoms with Crippen molar-refractivity contribution in [2.45, 2.75) is 18.9 Å². The number of anilines is 2. The van der Waals surface area contributed by atoms with Gasteiger partial charge in [-0.05, 0) is 48.7 Å². The Balaban J connectivity index is 1.77. The van der Waals surface area contributed by atoms with Crippen molar-refractivity contribution < 1.29 is 8.78 Å². The second-order valence-corrected chi connectivity index (χ2v) is 8.75. The van der Waals surface area contributed by atoms with E-state index < -0.39 is 11.6 Å². The molecule has 0 spiro atoms. The molecule has 172 valence electrons. The van der Waals surface area contributed by atoms with Gasteiger partial charge in [-0.2, -0.15) is 5.26 Å². The normalized spacial score (nSPS) is 14.5. The molecule has 4 aromatic rings. The molecule has 0 bridgehead atoms. The minimum atomic E-state index is -0.623. The van der Waals surface area contributed by atoms with E-state index in [0.717, 1.165) is 18.9 Å². The van der Waals surface area contributed by atoms with Gasteiger partial charge in [-0.3, -0.25) is 0 Å². The number of imidazole rings is 1. The molecule has 0 aliphatic carbocycles. The van der Waals surface area contributed by atoms with E-state index in [1.165, 1.54) is 18.2 Å². The average Bonchev–Trinajstić information content (AvgIpc) is 3.23. The van der Waals surface area contributed by atoms with Crippen molar-refractivity contribution in [2.24, 2.45) is 5.73 Å². The third kappa shape index (κ3) is 3.91. The van der Waals surface area contributed by atoms with E-state index in [1.807, 2.05) is 6.07 Å². The van der Waals surface area contributed by atoms with Crippen molar-refractivity contribution in [3.05, 3.63) is 58.7 Å². The summed E-state index contributed by atoms with van der Waals surface area (Å²) in [6.45, 7) is 1.28. The number of nitrogens with zero attached hydrogens (tertiary/aromatic N) is 4. The fourth-order valence-electron chi connectivity index (χ4n) is 4.38. The lowest BCUT2D eigenvalue weighted by Crippen LogP contribution is -2.40. The molecule has 0 radical (unpaired) electrons. The zero-order chi connectivity index (χ0) is 24.0. The first-order chi connectivity index (χ1) is 16.3. The largest absolute Gasteiger partial charge is 0.383 e. The predicted octanol–water partition coefficient (Wildman–Crippen LogP) is 4.60. The maximum atomic E-state index is 14.6. The summed E-state index contributed by atoms with van der Waals surface area (Å²) in [7, 11) is 0. The molecule has 1 saturated heterocycles. The van der Waals surface area contributed by atoms with Crippen molar-refractivity contribution in [1.82, 2.24) is 15.0 Å². The van der Waals surface area contributed by atoms with Crippen molar-refractivity contribution in [3.63, 3.8) is 0 Å². The molecule has 0 atom stereocenters. The Bertz CT molecular complexity index is 1430. The molecule has 2 aromatic carbocycles. The first kappa shape index (κ1) is 22.1. The Kier molecular flexibility index (Phi) is 5.55. The Morgan fingerprint density at radius 1 is 1.15 bits per heavy atom. The molecule has 2 aromatic heterocycles. The molecule has 5 rings (SSSR count).